The summed E-state index contributed by atoms with van der Waals surface area (Å²) in [6.45, 7) is 0.688. The van der Waals surface area contributed by atoms with E-state index in [1.54, 1.807) is 26.2 Å². The summed E-state index contributed by atoms with van der Waals surface area (Å²) in [7, 11) is 3.35. The number of halogens is 2. The van der Waals surface area contributed by atoms with Gasteiger partial charge in [0.15, 0.2) is 5.96 Å². The van der Waals surface area contributed by atoms with Gasteiger partial charge in [0.2, 0.25) is 0 Å². The molecule has 3 N–H and O–H groups in total. The van der Waals surface area contributed by atoms with Crippen molar-refractivity contribution in [3.8, 4) is 0 Å². The maximum Gasteiger partial charge on any atom is 0.251 e. The third kappa shape index (κ3) is 5.67. The number of rotatable bonds is 6. The van der Waals surface area contributed by atoms with E-state index in [9.17, 15) is 9.18 Å². The molecule has 0 spiro atoms. The first-order chi connectivity index (χ1) is 13.1. The van der Waals surface area contributed by atoms with E-state index in [0.717, 1.165) is 24.0 Å². The maximum absolute atomic E-state index is 13.9. The Labute approximate surface area is 182 Å². The van der Waals surface area contributed by atoms with Crippen LogP contribution in [-0.4, -0.2) is 38.5 Å². The molecular formula is C21H26FIN4O. The van der Waals surface area contributed by atoms with E-state index < -0.39 is 0 Å². The van der Waals surface area contributed by atoms with Crippen LogP contribution >= 0.6 is 24.0 Å². The Morgan fingerprint density at radius 2 is 2.00 bits per heavy atom. The molecule has 2 unspecified atom stereocenters. The number of aliphatic imine (C=N–C) groups is 1. The third-order valence-electron chi connectivity index (χ3n) is 4.76. The normalized spacial score (nSPS) is 18.0. The van der Waals surface area contributed by atoms with Crippen molar-refractivity contribution in [3.05, 3.63) is 71.0 Å². The number of nitrogens with one attached hydrogen (secondary N) is 3. The molecule has 1 aliphatic carbocycles. The molecule has 150 valence electrons. The second-order valence-electron chi connectivity index (χ2n) is 6.64. The van der Waals surface area contributed by atoms with Gasteiger partial charge in [-0.05, 0) is 42.2 Å². The van der Waals surface area contributed by atoms with Crippen LogP contribution in [0.3, 0.4) is 0 Å². The summed E-state index contributed by atoms with van der Waals surface area (Å²) in [6.07, 6.45) is 1.67. The number of hydrogen-bond acceptors (Lipinski definition) is 2. The van der Waals surface area contributed by atoms with Crippen molar-refractivity contribution in [1.82, 2.24) is 16.0 Å². The van der Waals surface area contributed by atoms with Crippen molar-refractivity contribution in [2.75, 3.05) is 20.6 Å². The minimum Gasteiger partial charge on any atom is -0.356 e. The molecule has 5 nitrogen and oxygen atoms in total. The number of benzene rings is 2. The average Bonchev–Trinajstić information content (AvgIpc) is 3.46. The Hall–Kier alpha value is -2.16. The summed E-state index contributed by atoms with van der Waals surface area (Å²) in [6, 6.07) is 14.7. The van der Waals surface area contributed by atoms with Gasteiger partial charge in [0.25, 0.3) is 5.91 Å². The lowest BCUT2D eigenvalue weighted by atomic mass is 10.1. The Kier molecular flexibility index (Phi) is 8.22. The van der Waals surface area contributed by atoms with Gasteiger partial charge in [-0.1, -0.05) is 30.3 Å². The fourth-order valence-electron chi connectivity index (χ4n) is 3.18. The van der Waals surface area contributed by atoms with Gasteiger partial charge in [-0.2, -0.15) is 0 Å². The van der Waals surface area contributed by atoms with Crippen LogP contribution in [0.5, 0.6) is 0 Å². The van der Waals surface area contributed by atoms with E-state index in [2.05, 4.69) is 20.9 Å². The fraction of sp³-hybridized carbons (Fsp3) is 0.333. The van der Waals surface area contributed by atoms with Crippen molar-refractivity contribution in [3.63, 3.8) is 0 Å². The van der Waals surface area contributed by atoms with Crippen molar-refractivity contribution >= 4 is 35.8 Å². The lowest BCUT2D eigenvalue weighted by Crippen LogP contribution is -2.40. The molecule has 1 fully saturated rings. The van der Waals surface area contributed by atoms with Crippen LogP contribution < -0.4 is 16.0 Å². The maximum atomic E-state index is 13.9. The first kappa shape index (κ1) is 22.1. The highest BCUT2D eigenvalue weighted by Crippen LogP contribution is 2.41. The molecule has 1 saturated carbocycles. The summed E-state index contributed by atoms with van der Waals surface area (Å²) in [5.74, 6) is 0.663. The molecule has 0 heterocycles. The predicted molar refractivity (Wildman–Crippen MR) is 121 cm³/mol. The predicted octanol–water partition coefficient (Wildman–Crippen LogP) is 3.07. The molecule has 7 heteroatoms. The zero-order valence-electron chi connectivity index (χ0n) is 16.0. The van der Waals surface area contributed by atoms with E-state index >= 15 is 0 Å². The van der Waals surface area contributed by atoms with Gasteiger partial charge in [0, 0.05) is 38.2 Å². The molecule has 1 amide bonds. The molecule has 0 bridgehead atoms. The van der Waals surface area contributed by atoms with E-state index in [1.165, 1.54) is 6.07 Å². The van der Waals surface area contributed by atoms with E-state index in [4.69, 9.17) is 0 Å². The van der Waals surface area contributed by atoms with Gasteiger partial charge >= 0.3 is 0 Å². The highest BCUT2D eigenvalue weighted by molar-refractivity contribution is 14.0. The van der Waals surface area contributed by atoms with Crippen LogP contribution in [-0.2, 0) is 6.42 Å². The molecule has 1 aliphatic rings. The number of amides is 1. The fourth-order valence-corrected chi connectivity index (χ4v) is 3.18. The monoisotopic (exact) mass is 496 g/mol. The van der Waals surface area contributed by atoms with Crippen molar-refractivity contribution < 1.29 is 9.18 Å². The number of hydrogen-bond donors (Lipinski definition) is 3. The summed E-state index contributed by atoms with van der Waals surface area (Å²) in [4.78, 5) is 16.0. The SMILES string of the molecule is CN=C(NCCc1cccc(C(=O)NC)c1)NC1CC1c1ccccc1F.I. The van der Waals surface area contributed by atoms with Crippen LogP contribution in [0.25, 0.3) is 0 Å². The zero-order valence-corrected chi connectivity index (χ0v) is 18.4. The van der Waals surface area contributed by atoms with Crippen LogP contribution in [0.4, 0.5) is 4.39 Å². The lowest BCUT2D eigenvalue weighted by molar-refractivity contribution is 0.0963. The van der Waals surface area contributed by atoms with Gasteiger partial charge in [0.05, 0.1) is 0 Å². The minimum atomic E-state index is -0.147. The molecule has 2 atom stereocenters. The van der Waals surface area contributed by atoms with Crippen molar-refractivity contribution in [1.29, 1.82) is 0 Å². The first-order valence-corrected chi connectivity index (χ1v) is 9.15. The molecule has 3 rings (SSSR count). The van der Waals surface area contributed by atoms with Crippen LogP contribution in [0, 0.1) is 5.82 Å². The summed E-state index contributed by atoms with van der Waals surface area (Å²) in [5.41, 5.74) is 2.49. The molecule has 0 saturated heterocycles. The molecular weight excluding hydrogens is 470 g/mol. The summed E-state index contributed by atoms with van der Waals surface area (Å²) < 4.78 is 13.9. The zero-order chi connectivity index (χ0) is 19.2. The van der Waals surface area contributed by atoms with Gasteiger partial charge < -0.3 is 16.0 Å². The van der Waals surface area contributed by atoms with Gasteiger partial charge in [-0.3, -0.25) is 9.79 Å². The number of guanidine groups is 1. The molecule has 0 aromatic heterocycles. The minimum absolute atomic E-state index is 0. The highest BCUT2D eigenvalue weighted by Gasteiger charge is 2.40. The van der Waals surface area contributed by atoms with E-state index in [-0.39, 0.29) is 47.7 Å². The second kappa shape index (κ2) is 10.4. The number of carbonyl (C=O) groups excluding carboxylic acids is 1. The van der Waals surface area contributed by atoms with E-state index in [1.807, 2.05) is 30.3 Å². The topological polar surface area (TPSA) is 65.5 Å². The van der Waals surface area contributed by atoms with Gasteiger partial charge in [-0.25, -0.2) is 4.39 Å². The molecule has 0 radical (unpaired) electrons. The Bertz CT molecular complexity index is 843. The molecule has 2 aromatic carbocycles. The summed E-state index contributed by atoms with van der Waals surface area (Å²) in [5, 5.41) is 9.26. The van der Waals surface area contributed by atoms with Crippen molar-refractivity contribution in [2.45, 2.75) is 24.8 Å². The molecule has 28 heavy (non-hydrogen) atoms. The third-order valence-corrected chi connectivity index (χ3v) is 4.76. The Balaban J connectivity index is 0.00000280. The Morgan fingerprint density at radius 3 is 2.71 bits per heavy atom. The molecule has 2 aromatic rings. The quantitative estimate of drug-likeness (QED) is 0.327. The first-order valence-electron chi connectivity index (χ1n) is 9.15. The van der Waals surface area contributed by atoms with Crippen molar-refractivity contribution in [2.24, 2.45) is 4.99 Å². The van der Waals surface area contributed by atoms with Crippen LogP contribution in [0.15, 0.2) is 53.5 Å². The smallest absolute Gasteiger partial charge is 0.251 e. The average molecular weight is 496 g/mol. The lowest BCUT2D eigenvalue weighted by Gasteiger charge is -2.12. The van der Waals surface area contributed by atoms with Gasteiger partial charge in [-0.15, -0.1) is 24.0 Å². The Morgan fingerprint density at radius 1 is 1.21 bits per heavy atom. The molecule has 0 aliphatic heterocycles. The van der Waals surface area contributed by atoms with Crippen LogP contribution in [0.1, 0.15) is 33.8 Å². The second-order valence-corrected chi connectivity index (χ2v) is 6.64. The van der Waals surface area contributed by atoms with Gasteiger partial charge in [0.1, 0.15) is 5.82 Å². The summed E-state index contributed by atoms with van der Waals surface area (Å²) >= 11 is 0. The highest BCUT2D eigenvalue weighted by atomic mass is 127. The number of nitrogens with zero attached hydrogens (tertiary/aromatic N) is 1. The standard InChI is InChI=1S/C21H25FN4O.HI/c1-23-20(27)15-7-5-6-14(12-15)10-11-25-21(24-2)26-19-13-17(19)16-8-3-4-9-18(16)22;/h3-9,12,17,19H,10-11,13H2,1-2H3,(H,23,27)(H2,24,25,26);1H. The number of carbonyl (C=O) groups is 1. The largest absolute Gasteiger partial charge is 0.356 e. The van der Waals surface area contributed by atoms with Crippen LogP contribution in [0.2, 0.25) is 0 Å². The van der Waals surface area contributed by atoms with E-state index in [0.29, 0.717) is 18.1 Å².